The lowest BCUT2D eigenvalue weighted by molar-refractivity contribution is -0.173. The van der Waals surface area contributed by atoms with Gasteiger partial charge in [-0.1, -0.05) is 33.3 Å². The van der Waals surface area contributed by atoms with Crippen molar-refractivity contribution in [3.8, 4) is 0 Å². The van der Waals surface area contributed by atoms with Gasteiger partial charge in [0.1, 0.15) is 6.10 Å². The van der Waals surface area contributed by atoms with Gasteiger partial charge in [-0.15, -0.1) is 0 Å². The molecule has 4 atom stereocenters. The van der Waals surface area contributed by atoms with Gasteiger partial charge in [-0.25, -0.2) is 4.79 Å². The van der Waals surface area contributed by atoms with Crippen LogP contribution in [0.4, 0.5) is 0 Å². The summed E-state index contributed by atoms with van der Waals surface area (Å²) >= 11 is 0. The average Bonchev–Trinajstić information content (AvgIpc) is 2.71. The number of fused-ring (bicyclic) bond motifs is 4. The SMILES string of the molecule is CC1=C2C=C3CCC4C(C)(C)CCCC4(C)C3(O)CC2OC1=O. The fraction of sp³-hybridized carbons (Fsp3) is 0.750. The van der Waals surface area contributed by atoms with Crippen LogP contribution in [0, 0.1) is 16.7 Å². The summed E-state index contributed by atoms with van der Waals surface area (Å²) in [6.45, 7) is 8.85. The summed E-state index contributed by atoms with van der Waals surface area (Å²) in [4.78, 5) is 11.9. The molecule has 1 heterocycles. The Kier molecular flexibility index (Phi) is 3.02. The first-order valence-corrected chi connectivity index (χ1v) is 9.04. The number of aliphatic hydroxyl groups is 1. The highest BCUT2D eigenvalue weighted by Gasteiger charge is 2.62. The first-order valence-electron chi connectivity index (χ1n) is 9.04. The van der Waals surface area contributed by atoms with Crippen molar-refractivity contribution in [3.05, 3.63) is 22.8 Å². The molecule has 0 aromatic carbocycles. The quantitative estimate of drug-likeness (QED) is 0.689. The van der Waals surface area contributed by atoms with Crippen molar-refractivity contribution in [2.75, 3.05) is 0 Å². The predicted octanol–water partition coefficient (Wildman–Crippen LogP) is 3.92. The lowest BCUT2D eigenvalue weighted by Gasteiger charge is -2.62. The summed E-state index contributed by atoms with van der Waals surface area (Å²) in [5, 5.41) is 11.8. The zero-order valence-corrected chi connectivity index (χ0v) is 14.7. The zero-order chi connectivity index (χ0) is 16.6. The van der Waals surface area contributed by atoms with E-state index < -0.39 is 5.60 Å². The van der Waals surface area contributed by atoms with E-state index in [1.165, 1.54) is 12.8 Å². The van der Waals surface area contributed by atoms with Gasteiger partial charge in [-0.3, -0.25) is 0 Å². The van der Waals surface area contributed by atoms with Crippen LogP contribution in [-0.4, -0.2) is 22.8 Å². The van der Waals surface area contributed by atoms with Crippen molar-refractivity contribution in [2.45, 2.75) is 77.9 Å². The summed E-state index contributed by atoms with van der Waals surface area (Å²) in [6, 6.07) is 0. The van der Waals surface area contributed by atoms with Crippen molar-refractivity contribution in [3.63, 3.8) is 0 Å². The molecule has 4 rings (SSSR count). The Balaban J connectivity index is 1.81. The molecule has 0 spiro atoms. The Bertz CT molecular complexity index is 641. The highest BCUT2D eigenvalue weighted by molar-refractivity contribution is 5.92. The van der Waals surface area contributed by atoms with E-state index in [9.17, 15) is 9.90 Å². The molecule has 0 bridgehead atoms. The third-order valence-corrected chi connectivity index (χ3v) is 7.55. The molecule has 0 amide bonds. The summed E-state index contributed by atoms with van der Waals surface area (Å²) < 4.78 is 5.55. The third kappa shape index (κ3) is 1.83. The second kappa shape index (κ2) is 4.50. The van der Waals surface area contributed by atoms with Gasteiger partial charge in [-0.2, -0.15) is 0 Å². The largest absolute Gasteiger partial charge is 0.454 e. The minimum atomic E-state index is -0.827. The van der Waals surface area contributed by atoms with Crippen molar-refractivity contribution in [1.29, 1.82) is 0 Å². The smallest absolute Gasteiger partial charge is 0.334 e. The standard InChI is InChI=1S/C20H28O3/c1-12-14-10-13-6-7-16-18(2,3)8-5-9-19(16,4)20(13,22)11-15(14)23-17(12)21/h10,15-16,22H,5-9,11H2,1-4H3. The van der Waals surface area contributed by atoms with Crippen LogP contribution in [-0.2, 0) is 9.53 Å². The van der Waals surface area contributed by atoms with Gasteiger partial charge in [0, 0.05) is 23.0 Å². The molecule has 126 valence electrons. The van der Waals surface area contributed by atoms with Gasteiger partial charge < -0.3 is 9.84 Å². The number of ether oxygens (including phenoxy) is 1. The zero-order valence-electron chi connectivity index (χ0n) is 14.7. The summed E-state index contributed by atoms with van der Waals surface area (Å²) in [5.74, 6) is 0.310. The van der Waals surface area contributed by atoms with E-state index in [0.29, 0.717) is 12.3 Å². The van der Waals surface area contributed by atoms with Gasteiger partial charge in [-0.05, 0) is 49.5 Å². The van der Waals surface area contributed by atoms with Crippen LogP contribution in [0.3, 0.4) is 0 Å². The normalized spacial score (nSPS) is 44.9. The number of hydrogen-bond acceptors (Lipinski definition) is 3. The number of rotatable bonds is 0. The van der Waals surface area contributed by atoms with Crippen molar-refractivity contribution in [2.24, 2.45) is 16.7 Å². The molecule has 3 nitrogen and oxygen atoms in total. The van der Waals surface area contributed by atoms with Gasteiger partial charge >= 0.3 is 5.97 Å². The summed E-state index contributed by atoms with van der Waals surface area (Å²) in [6.07, 6.45) is 7.94. The van der Waals surface area contributed by atoms with Crippen LogP contribution < -0.4 is 0 Å². The molecule has 4 aliphatic rings. The summed E-state index contributed by atoms with van der Waals surface area (Å²) in [7, 11) is 0. The Morgan fingerprint density at radius 2 is 2.00 bits per heavy atom. The first-order chi connectivity index (χ1) is 10.7. The van der Waals surface area contributed by atoms with Crippen LogP contribution in [0.25, 0.3) is 0 Å². The van der Waals surface area contributed by atoms with Crippen LogP contribution in [0.1, 0.15) is 66.2 Å². The van der Waals surface area contributed by atoms with E-state index in [0.717, 1.165) is 36.0 Å². The molecule has 0 radical (unpaired) electrons. The van der Waals surface area contributed by atoms with Crippen molar-refractivity contribution >= 4 is 5.97 Å². The molecule has 0 aromatic heterocycles. The second-order valence-electron chi connectivity index (χ2n) is 9.06. The minimum Gasteiger partial charge on any atom is -0.454 e. The van der Waals surface area contributed by atoms with Gasteiger partial charge in [0.25, 0.3) is 0 Å². The first kappa shape index (κ1) is 15.4. The highest BCUT2D eigenvalue weighted by atomic mass is 16.5. The van der Waals surface area contributed by atoms with Crippen LogP contribution in [0.15, 0.2) is 22.8 Å². The Morgan fingerprint density at radius 3 is 2.74 bits per heavy atom. The Hall–Kier alpha value is -1.09. The van der Waals surface area contributed by atoms with Gasteiger partial charge in [0.05, 0.1) is 5.60 Å². The Morgan fingerprint density at radius 1 is 1.26 bits per heavy atom. The lowest BCUT2D eigenvalue weighted by atomic mass is 9.44. The monoisotopic (exact) mass is 316 g/mol. The molecule has 3 heteroatoms. The van der Waals surface area contributed by atoms with Gasteiger partial charge in [0.15, 0.2) is 0 Å². The van der Waals surface area contributed by atoms with E-state index in [2.05, 4.69) is 26.8 Å². The molecule has 1 aliphatic heterocycles. The average molecular weight is 316 g/mol. The molecule has 3 aliphatic carbocycles. The fourth-order valence-corrected chi connectivity index (χ4v) is 6.20. The topological polar surface area (TPSA) is 46.5 Å². The number of esters is 1. The number of carbonyl (C=O) groups is 1. The maximum atomic E-state index is 11.9. The molecular weight excluding hydrogens is 288 g/mol. The maximum absolute atomic E-state index is 11.9. The molecule has 0 aromatic rings. The molecule has 4 unspecified atom stereocenters. The van der Waals surface area contributed by atoms with Crippen molar-refractivity contribution < 1.29 is 14.6 Å². The molecular formula is C20H28O3. The molecule has 2 saturated carbocycles. The van der Waals surface area contributed by atoms with Crippen LogP contribution in [0.5, 0.6) is 0 Å². The van der Waals surface area contributed by atoms with E-state index in [-0.39, 0.29) is 22.9 Å². The van der Waals surface area contributed by atoms with Crippen molar-refractivity contribution in [1.82, 2.24) is 0 Å². The number of hydrogen-bond donors (Lipinski definition) is 1. The minimum absolute atomic E-state index is 0.118. The highest BCUT2D eigenvalue weighted by Crippen LogP contribution is 2.65. The summed E-state index contributed by atoms with van der Waals surface area (Å²) in [5.41, 5.74) is 2.19. The number of carbonyl (C=O) groups excluding carboxylic acids is 1. The Labute approximate surface area is 138 Å². The second-order valence-corrected chi connectivity index (χ2v) is 9.06. The van der Waals surface area contributed by atoms with Crippen LogP contribution in [0.2, 0.25) is 0 Å². The van der Waals surface area contributed by atoms with E-state index in [1.807, 2.05) is 6.92 Å². The third-order valence-electron chi connectivity index (χ3n) is 7.55. The maximum Gasteiger partial charge on any atom is 0.334 e. The molecule has 0 saturated heterocycles. The lowest BCUT2D eigenvalue weighted by Crippen LogP contribution is -2.62. The van der Waals surface area contributed by atoms with Crippen LogP contribution >= 0.6 is 0 Å². The van der Waals surface area contributed by atoms with E-state index in [4.69, 9.17) is 4.74 Å². The molecule has 2 fully saturated rings. The molecule has 23 heavy (non-hydrogen) atoms. The van der Waals surface area contributed by atoms with E-state index >= 15 is 0 Å². The van der Waals surface area contributed by atoms with Gasteiger partial charge in [0.2, 0.25) is 0 Å². The fourth-order valence-electron chi connectivity index (χ4n) is 6.20. The molecule has 1 N–H and O–H groups in total. The predicted molar refractivity (Wildman–Crippen MR) is 88.7 cm³/mol. The van der Waals surface area contributed by atoms with E-state index in [1.54, 1.807) is 0 Å².